The van der Waals surface area contributed by atoms with E-state index in [1.54, 1.807) is 18.2 Å². The molecule has 0 radical (unpaired) electrons. The number of ether oxygens (including phenoxy) is 2. The molecular weight excluding hydrogens is 454 g/mol. The zero-order chi connectivity index (χ0) is 21.4. The van der Waals surface area contributed by atoms with Crippen LogP contribution in [0.15, 0.2) is 41.3 Å². The van der Waals surface area contributed by atoms with Gasteiger partial charge in [0.15, 0.2) is 15.8 Å². The Labute approximate surface area is 183 Å². The van der Waals surface area contributed by atoms with E-state index in [9.17, 15) is 19.7 Å². The van der Waals surface area contributed by atoms with Gasteiger partial charge in [-0.25, -0.2) is 0 Å². The number of hydrogen-bond acceptors (Lipinski definition) is 8. The summed E-state index contributed by atoms with van der Waals surface area (Å²) in [5.74, 6) is -0.669. The maximum absolute atomic E-state index is 12.8. The van der Waals surface area contributed by atoms with E-state index in [1.165, 1.54) is 24.3 Å². The summed E-state index contributed by atoms with van der Waals surface area (Å²) in [4.78, 5) is 36.1. The number of thioether (sulfide) groups is 1. The minimum absolute atomic E-state index is 0.0495. The van der Waals surface area contributed by atoms with Gasteiger partial charge in [-0.1, -0.05) is 35.5 Å². The summed E-state index contributed by atoms with van der Waals surface area (Å²) in [5, 5.41) is 12.5. The second-order valence-electron chi connectivity index (χ2n) is 5.96. The molecule has 0 aliphatic carbocycles. The number of hydrazine groups is 1. The minimum Gasteiger partial charge on any atom is -0.454 e. The van der Waals surface area contributed by atoms with E-state index in [4.69, 9.17) is 33.3 Å². The second kappa shape index (κ2) is 7.94. The third kappa shape index (κ3) is 3.70. The molecule has 9 nitrogen and oxygen atoms in total. The van der Waals surface area contributed by atoms with E-state index >= 15 is 0 Å². The molecule has 152 valence electrons. The summed E-state index contributed by atoms with van der Waals surface area (Å²) in [6.45, 7) is -0.0495. The molecule has 0 bridgehead atoms. The Kier molecular flexibility index (Phi) is 5.33. The summed E-state index contributed by atoms with van der Waals surface area (Å²) in [7, 11) is 0. The van der Waals surface area contributed by atoms with Crippen molar-refractivity contribution >= 4 is 63.5 Å². The molecule has 4 rings (SSSR count). The average molecular weight is 464 g/mol. The summed E-state index contributed by atoms with van der Waals surface area (Å²) < 4.78 is 10.5. The van der Waals surface area contributed by atoms with Crippen molar-refractivity contribution in [1.29, 1.82) is 0 Å². The first-order chi connectivity index (χ1) is 14.3. The third-order valence-corrected chi connectivity index (χ3v) is 5.76. The van der Waals surface area contributed by atoms with Gasteiger partial charge in [0, 0.05) is 0 Å². The fourth-order valence-electron chi connectivity index (χ4n) is 2.73. The van der Waals surface area contributed by atoms with Gasteiger partial charge in [-0.3, -0.25) is 25.1 Å². The molecule has 1 saturated heterocycles. The number of amides is 2. The number of thiocarbonyl (C=S) groups is 1. The number of nitrogens with zero attached hydrogens (tertiary/aromatic N) is 2. The van der Waals surface area contributed by atoms with Gasteiger partial charge in [-0.05, 0) is 36.5 Å². The van der Waals surface area contributed by atoms with Crippen molar-refractivity contribution in [3.8, 4) is 11.5 Å². The zero-order valence-corrected chi connectivity index (χ0v) is 17.2. The molecule has 2 aromatic rings. The van der Waals surface area contributed by atoms with Crippen LogP contribution < -0.4 is 14.9 Å². The molecule has 2 amide bonds. The van der Waals surface area contributed by atoms with Gasteiger partial charge in [0.05, 0.1) is 32.0 Å². The van der Waals surface area contributed by atoms with Gasteiger partial charge in [-0.15, -0.1) is 0 Å². The smallest absolute Gasteiger partial charge is 0.285 e. The van der Waals surface area contributed by atoms with Crippen LogP contribution in [0.3, 0.4) is 0 Å². The van der Waals surface area contributed by atoms with E-state index in [1.807, 2.05) is 0 Å². The first-order valence-electron chi connectivity index (χ1n) is 8.26. The number of fused-ring (bicyclic) bond motifs is 1. The molecule has 2 aliphatic rings. The van der Waals surface area contributed by atoms with Crippen LogP contribution in [0.2, 0.25) is 5.02 Å². The van der Waals surface area contributed by atoms with E-state index in [0.29, 0.717) is 5.75 Å². The highest BCUT2D eigenvalue weighted by Gasteiger charge is 2.35. The number of carbonyl (C=O) groups is 2. The topological polar surface area (TPSA) is 111 Å². The van der Waals surface area contributed by atoms with Crippen LogP contribution in [0.1, 0.15) is 15.9 Å². The summed E-state index contributed by atoms with van der Waals surface area (Å²) in [6.07, 6.45) is 1.32. The summed E-state index contributed by atoms with van der Waals surface area (Å²) >= 11 is 12.1. The number of halogens is 1. The number of benzene rings is 2. The molecule has 12 heteroatoms. The molecule has 2 aromatic carbocycles. The zero-order valence-electron chi connectivity index (χ0n) is 14.8. The van der Waals surface area contributed by atoms with E-state index in [2.05, 4.69) is 5.43 Å². The lowest BCUT2D eigenvalue weighted by Gasteiger charge is -2.16. The molecule has 2 aliphatic heterocycles. The quantitative estimate of drug-likeness (QED) is 0.317. The molecule has 30 heavy (non-hydrogen) atoms. The Morgan fingerprint density at radius 1 is 1.30 bits per heavy atom. The number of nitrogens with one attached hydrogen (secondary N) is 1. The lowest BCUT2D eigenvalue weighted by atomic mass is 10.1. The number of hydrogen-bond donors (Lipinski definition) is 1. The van der Waals surface area contributed by atoms with Crippen molar-refractivity contribution in [3.63, 3.8) is 0 Å². The van der Waals surface area contributed by atoms with Gasteiger partial charge in [0.1, 0.15) is 0 Å². The molecule has 1 fully saturated rings. The predicted octanol–water partition coefficient (Wildman–Crippen LogP) is 3.52. The van der Waals surface area contributed by atoms with Crippen molar-refractivity contribution < 1.29 is 24.0 Å². The van der Waals surface area contributed by atoms with Crippen LogP contribution in [0.4, 0.5) is 5.69 Å². The largest absolute Gasteiger partial charge is 0.454 e. The van der Waals surface area contributed by atoms with Crippen molar-refractivity contribution in [2.45, 2.75) is 0 Å². The van der Waals surface area contributed by atoms with Crippen LogP contribution in [0.5, 0.6) is 11.5 Å². The first kappa shape index (κ1) is 20.1. The van der Waals surface area contributed by atoms with Crippen molar-refractivity contribution in [2.24, 2.45) is 0 Å². The number of nitro benzene ring substituents is 1. The molecule has 0 aromatic heterocycles. The second-order valence-corrected chi connectivity index (χ2v) is 8.04. The van der Waals surface area contributed by atoms with Gasteiger partial charge in [0.2, 0.25) is 6.79 Å². The van der Waals surface area contributed by atoms with E-state index in [0.717, 1.165) is 16.8 Å². The van der Waals surface area contributed by atoms with Gasteiger partial charge < -0.3 is 9.47 Å². The lowest BCUT2D eigenvalue weighted by Crippen LogP contribution is -2.44. The van der Waals surface area contributed by atoms with Gasteiger partial charge in [0.25, 0.3) is 17.5 Å². The molecule has 0 spiro atoms. The van der Waals surface area contributed by atoms with Crippen LogP contribution in [-0.2, 0) is 4.79 Å². The van der Waals surface area contributed by atoms with Crippen LogP contribution in [-0.4, -0.2) is 32.9 Å². The Balaban J connectivity index is 1.62. The van der Waals surface area contributed by atoms with Crippen LogP contribution in [0, 0.1) is 10.1 Å². The fourth-order valence-corrected chi connectivity index (χ4v) is 4.13. The van der Waals surface area contributed by atoms with Crippen LogP contribution >= 0.6 is 35.6 Å². The number of rotatable bonds is 4. The SMILES string of the molecule is O=C(NN1C(=O)C(=Cc2cc3c(cc2[N+](=O)[O-])OCO3)SC1=S)c1ccccc1Cl. The predicted molar refractivity (Wildman–Crippen MR) is 113 cm³/mol. The molecule has 0 saturated carbocycles. The molecule has 0 atom stereocenters. The van der Waals surface area contributed by atoms with Gasteiger partial charge in [-0.2, -0.15) is 5.01 Å². The Morgan fingerprint density at radius 2 is 2.00 bits per heavy atom. The highest BCUT2D eigenvalue weighted by molar-refractivity contribution is 8.26. The normalized spacial score (nSPS) is 16.3. The first-order valence-corrected chi connectivity index (χ1v) is 9.87. The fraction of sp³-hybridized carbons (Fsp3) is 0.0556. The molecule has 0 unspecified atom stereocenters. The Hall–Kier alpha value is -3.15. The summed E-state index contributed by atoms with van der Waals surface area (Å²) in [5.41, 5.74) is 2.46. The van der Waals surface area contributed by atoms with Crippen LogP contribution in [0.25, 0.3) is 6.08 Å². The maximum atomic E-state index is 12.8. The molecule has 2 heterocycles. The van der Waals surface area contributed by atoms with E-state index < -0.39 is 16.7 Å². The van der Waals surface area contributed by atoms with Gasteiger partial charge >= 0.3 is 0 Å². The average Bonchev–Trinajstić information content (AvgIpc) is 3.27. The molecular formula is C18H10ClN3O6S2. The molecule has 1 N–H and O–H groups in total. The highest BCUT2D eigenvalue weighted by Crippen LogP contribution is 2.40. The van der Waals surface area contributed by atoms with Crippen molar-refractivity contribution in [3.05, 3.63) is 67.6 Å². The monoisotopic (exact) mass is 463 g/mol. The number of carbonyl (C=O) groups excluding carboxylic acids is 2. The van der Waals surface area contributed by atoms with E-state index in [-0.39, 0.29) is 43.6 Å². The standard InChI is InChI=1S/C18H10ClN3O6S2/c19-11-4-2-1-3-10(11)16(23)20-21-17(24)15(30-18(21)29)6-9-5-13-14(28-8-27-13)7-12(9)22(25)26/h1-7H,8H2,(H,20,23). The van der Waals surface area contributed by atoms with Crippen molar-refractivity contribution in [1.82, 2.24) is 10.4 Å². The summed E-state index contributed by atoms with van der Waals surface area (Å²) in [6, 6.07) is 8.98. The number of nitro groups is 1. The Bertz CT molecular complexity index is 1150. The third-order valence-electron chi connectivity index (χ3n) is 4.13. The lowest BCUT2D eigenvalue weighted by molar-refractivity contribution is -0.385. The Morgan fingerprint density at radius 3 is 2.70 bits per heavy atom. The highest BCUT2D eigenvalue weighted by atomic mass is 35.5. The van der Waals surface area contributed by atoms with Crippen molar-refractivity contribution in [2.75, 3.05) is 6.79 Å². The minimum atomic E-state index is -0.627. The maximum Gasteiger partial charge on any atom is 0.285 e.